The third-order valence-corrected chi connectivity index (χ3v) is 3.33. The van der Waals surface area contributed by atoms with Crippen molar-refractivity contribution in [2.45, 2.75) is 26.7 Å². The maximum Gasteiger partial charge on any atom is 0.289 e. The minimum absolute atomic E-state index is 0.174. The molecule has 2 heterocycles. The average molecular weight is 281 g/mol. The minimum atomic E-state index is -0.178. The Morgan fingerprint density at radius 1 is 1.40 bits per heavy atom. The monoisotopic (exact) mass is 281 g/mol. The topological polar surface area (TPSA) is 67.6 Å². The fourth-order valence-corrected chi connectivity index (χ4v) is 2.23. The molecule has 1 aromatic heterocycles. The Bertz CT molecular complexity index is 451. The van der Waals surface area contributed by atoms with Crippen molar-refractivity contribution in [3.05, 3.63) is 17.3 Å². The lowest BCUT2D eigenvalue weighted by Gasteiger charge is -2.26. The SMILES string of the molecule is Cc1nc(C(C)C)c(C(=O)NCCN2CCOCC2)o1. The van der Waals surface area contributed by atoms with Gasteiger partial charge < -0.3 is 14.5 Å². The highest BCUT2D eigenvalue weighted by Gasteiger charge is 2.21. The number of nitrogens with one attached hydrogen (secondary N) is 1. The fourth-order valence-electron chi connectivity index (χ4n) is 2.23. The molecule has 0 atom stereocenters. The van der Waals surface area contributed by atoms with E-state index in [0.717, 1.165) is 38.5 Å². The summed E-state index contributed by atoms with van der Waals surface area (Å²) < 4.78 is 10.7. The Hall–Kier alpha value is -1.40. The Kier molecular flexibility index (Phi) is 5.14. The molecule has 0 aliphatic carbocycles. The largest absolute Gasteiger partial charge is 0.436 e. The van der Waals surface area contributed by atoms with Crippen LogP contribution in [0.1, 0.15) is 41.9 Å². The van der Waals surface area contributed by atoms with Crippen LogP contribution in [0.5, 0.6) is 0 Å². The van der Waals surface area contributed by atoms with Crippen LogP contribution in [0.15, 0.2) is 4.42 Å². The predicted molar refractivity (Wildman–Crippen MR) is 74.9 cm³/mol. The molecule has 1 N–H and O–H groups in total. The summed E-state index contributed by atoms with van der Waals surface area (Å²) in [5.41, 5.74) is 0.728. The van der Waals surface area contributed by atoms with Crippen molar-refractivity contribution in [3.63, 3.8) is 0 Å². The molecule has 0 spiro atoms. The summed E-state index contributed by atoms with van der Waals surface area (Å²) in [7, 11) is 0. The molecule has 0 saturated carbocycles. The number of aromatic nitrogens is 1. The van der Waals surface area contributed by atoms with E-state index in [1.807, 2.05) is 13.8 Å². The molecule has 1 amide bonds. The summed E-state index contributed by atoms with van der Waals surface area (Å²) in [5, 5.41) is 2.90. The first-order valence-electron chi connectivity index (χ1n) is 7.13. The van der Waals surface area contributed by atoms with E-state index in [9.17, 15) is 4.79 Å². The lowest BCUT2D eigenvalue weighted by Crippen LogP contribution is -2.41. The van der Waals surface area contributed by atoms with Crippen LogP contribution in [-0.4, -0.2) is 55.2 Å². The first-order valence-corrected chi connectivity index (χ1v) is 7.13. The van der Waals surface area contributed by atoms with Gasteiger partial charge in [-0.3, -0.25) is 9.69 Å². The summed E-state index contributed by atoms with van der Waals surface area (Å²) in [4.78, 5) is 18.7. The Balaban J connectivity index is 1.85. The molecule has 6 nitrogen and oxygen atoms in total. The molecule has 1 saturated heterocycles. The molecule has 1 aliphatic heterocycles. The number of hydrogen-bond donors (Lipinski definition) is 1. The first-order chi connectivity index (χ1) is 9.58. The van der Waals surface area contributed by atoms with Gasteiger partial charge in [0.2, 0.25) is 5.76 Å². The molecule has 0 radical (unpaired) electrons. The van der Waals surface area contributed by atoms with E-state index in [0.29, 0.717) is 18.2 Å². The van der Waals surface area contributed by atoms with E-state index in [4.69, 9.17) is 9.15 Å². The first kappa shape index (κ1) is 15.0. The zero-order valence-corrected chi connectivity index (χ0v) is 12.4. The van der Waals surface area contributed by atoms with Crippen molar-refractivity contribution in [2.75, 3.05) is 39.4 Å². The van der Waals surface area contributed by atoms with Crippen molar-refractivity contribution >= 4 is 5.91 Å². The maximum absolute atomic E-state index is 12.1. The summed E-state index contributed by atoms with van der Waals surface area (Å²) in [6.07, 6.45) is 0. The van der Waals surface area contributed by atoms with E-state index in [2.05, 4.69) is 15.2 Å². The van der Waals surface area contributed by atoms with Crippen LogP contribution in [0.4, 0.5) is 0 Å². The molecular weight excluding hydrogens is 258 g/mol. The molecule has 6 heteroatoms. The van der Waals surface area contributed by atoms with Gasteiger partial charge >= 0.3 is 0 Å². The molecule has 20 heavy (non-hydrogen) atoms. The molecule has 1 aromatic rings. The minimum Gasteiger partial charge on any atom is -0.436 e. The van der Waals surface area contributed by atoms with Crippen molar-refractivity contribution < 1.29 is 13.9 Å². The molecule has 0 unspecified atom stereocenters. The highest BCUT2D eigenvalue weighted by molar-refractivity contribution is 5.92. The van der Waals surface area contributed by atoms with Crippen molar-refractivity contribution in [2.24, 2.45) is 0 Å². The van der Waals surface area contributed by atoms with Gasteiger partial charge in [0.25, 0.3) is 5.91 Å². The molecule has 1 aliphatic rings. The zero-order chi connectivity index (χ0) is 14.5. The van der Waals surface area contributed by atoms with E-state index in [-0.39, 0.29) is 11.8 Å². The third kappa shape index (κ3) is 3.80. The van der Waals surface area contributed by atoms with Crippen LogP contribution in [0.2, 0.25) is 0 Å². The molecule has 0 bridgehead atoms. The summed E-state index contributed by atoms with van der Waals surface area (Å²) in [6.45, 7) is 10.6. The summed E-state index contributed by atoms with van der Waals surface area (Å²) >= 11 is 0. The number of aryl methyl sites for hydroxylation is 1. The standard InChI is InChI=1S/C14H23N3O3/c1-10(2)12-13(20-11(3)16-12)14(18)15-4-5-17-6-8-19-9-7-17/h10H,4-9H2,1-3H3,(H,15,18). The Labute approximate surface area is 119 Å². The van der Waals surface area contributed by atoms with Crippen molar-refractivity contribution in [3.8, 4) is 0 Å². The number of hydrogen-bond acceptors (Lipinski definition) is 5. The second-order valence-corrected chi connectivity index (χ2v) is 5.31. The van der Waals surface area contributed by atoms with Crippen molar-refractivity contribution in [1.82, 2.24) is 15.2 Å². The van der Waals surface area contributed by atoms with Gasteiger partial charge in [-0.25, -0.2) is 4.98 Å². The smallest absolute Gasteiger partial charge is 0.289 e. The van der Waals surface area contributed by atoms with Gasteiger partial charge in [0.1, 0.15) is 0 Å². The second-order valence-electron chi connectivity index (χ2n) is 5.31. The maximum atomic E-state index is 12.1. The number of morpholine rings is 1. The predicted octanol–water partition coefficient (Wildman–Crippen LogP) is 1.17. The lowest BCUT2D eigenvalue weighted by molar-refractivity contribution is 0.0382. The van der Waals surface area contributed by atoms with Crippen LogP contribution < -0.4 is 5.32 Å². The van der Waals surface area contributed by atoms with Gasteiger partial charge in [-0.1, -0.05) is 13.8 Å². The normalized spacial score (nSPS) is 16.6. The van der Waals surface area contributed by atoms with E-state index >= 15 is 0 Å². The van der Waals surface area contributed by atoms with E-state index < -0.39 is 0 Å². The molecule has 2 rings (SSSR count). The lowest BCUT2D eigenvalue weighted by atomic mass is 10.1. The number of oxazole rings is 1. The van der Waals surface area contributed by atoms with Crippen molar-refractivity contribution in [1.29, 1.82) is 0 Å². The Morgan fingerprint density at radius 2 is 2.10 bits per heavy atom. The Morgan fingerprint density at radius 3 is 2.75 bits per heavy atom. The van der Waals surface area contributed by atoms with Gasteiger partial charge in [0, 0.05) is 33.1 Å². The second kappa shape index (κ2) is 6.85. The van der Waals surface area contributed by atoms with Gasteiger partial charge in [0.05, 0.1) is 18.9 Å². The quantitative estimate of drug-likeness (QED) is 0.877. The highest BCUT2D eigenvalue weighted by atomic mass is 16.5. The number of ether oxygens (including phenoxy) is 1. The molecule has 0 aromatic carbocycles. The molecular formula is C14H23N3O3. The molecule has 112 valence electrons. The van der Waals surface area contributed by atoms with Crippen LogP contribution in [0, 0.1) is 6.92 Å². The van der Waals surface area contributed by atoms with Gasteiger partial charge in [-0.15, -0.1) is 0 Å². The van der Waals surface area contributed by atoms with Crippen LogP contribution in [-0.2, 0) is 4.74 Å². The molecule has 1 fully saturated rings. The van der Waals surface area contributed by atoms with Crippen LogP contribution >= 0.6 is 0 Å². The van der Waals surface area contributed by atoms with Crippen LogP contribution in [0.25, 0.3) is 0 Å². The number of carbonyl (C=O) groups is 1. The highest BCUT2D eigenvalue weighted by Crippen LogP contribution is 2.19. The fraction of sp³-hybridized carbons (Fsp3) is 0.714. The number of carbonyl (C=O) groups excluding carboxylic acids is 1. The summed E-state index contributed by atoms with van der Waals surface area (Å²) in [6, 6.07) is 0. The van der Waals surface area contributed by atoms with Gasteiger partial charge in [-0.05, 0) is 5.92 Å². The summed E-state index contributed by atoms with van der Waals surface area (Å²) in [5.74, 6) is 0.876. The van der Waals surface area contributed by atoms with E-state index in [1.54, 1.807) is 6.92 Å². The number of amides is 1. The third-order valence-electron chi connectivity index (χ3n) is 3.33. The van der Waals surface area contributed by atoms with E-state index in [1.165, 1.54) is 0 Å². The zero-order valence-electron chi connectivity index (χ0n) is 12.4. The van der Waals surface area contributed by atoms with Gasteiger partial charge in [0.15, 0.2) is 5.89 Å². The van der Waals surface area contributed by atoms with Gasteiger partial charge in [-0.2, -0.15) is 0 Å². The average Bonchev–Trinajstić information content (AvgIpc) is 2.82. The number of nitrogens with zero attached hydrogens (tertiary/aromatic N) is 2. The van der Waals surface area contributed by atoms with Crippen LogP contribution in [0.3, 0.4) is 0 Å². The number of rotatable bonds is 5.